The first-order valence-corrected chi connectivity index (χ1v) is 8.08. The maximum absolute atomic E-state index is 12.5. The quantitative estimate of drug-likeness (QED) is 0.837. The van der Waals surface area contributed by atoms with Crippen LogP contribution in [0.3, 0.4) is 0 Å². The van der Waals surface area contributed by atoms with E-state index in [4.69, 9.17) is 4.74 Å². The third-order valence-corrected chi connectivity index (χ3v) is 4.37. The lowest BCUT2D eigenvalue weighted by atomic mass is 10.0. The van der Waals surface area contributed by atoms with Crippen molar-refractivity contribution in [2.75, 3.05) is 10.6 Å². The standard InChI is InChI=1S/C15H16N4O3S/c1-3-6-11-18-19-14(23-11)17-13(21)15(2)12(20)16-9-7-4-5-8-10(9)22-15/h4-5,7-8H,3,6H2,1-2H3,(H,16,20)(H,17,19,21). The molecule has 2 N–H and O–H groups in total. The van der Waals surface area contributed by atoms with Crippen molar-refractivity contribution in [1.29, 1.82) is 0 Å². The summed E-state index contributed by atoms with van der Waals surface area (Å²) in [5, 5.41) is 14.4. The van der Waals surface area contributed by atoms with Crippen molar-refractivity contribution in [3.8, 4) is 5.75 Å². The molecule has 2 heterocycles. The second kappa shape index (κ2) is 5.96. The lowest BCUT2D eigenvalue weighted by Gasteiger charge is -2.32. The molecule has 23 heavy (non-hydrogen) atoms. The van der Waals surface area contributed by atoms with Gasteiger partial charge in [0, 0.05) is 6.42 Å². The number of hydrogen-bond donors (Lipinski definition) is 2. The number of nitrogens with zero attached hydrogens (tertiary/aromatic N) is 2. The van der Waals surface area contributed by atoms with Crippen LogP contribution >= 0.6 is 11.3 Å². The molecule has 0 spiro atoms. The minimum atomic E-state index is -1.66. The van der Waals surface area contributed by atoms with E-state index in [-0.39, 0.29) is 0 Å². The van der Waals surface area contributed by atoms with Crippen molar-refractivity contribution in [3.63, 3.8) is 0 Å². The summed E-state index contributed by atoms with van der Waals surface area (Å²) in [5.41, 5.74) is -1.12. The van der Waals surface area contributed by atoms with Crippen LogP contribution in [-0.4, -0.2) is 27.6 Å². The number of amides is 2. The van der Waals surface area contributed by atoms with Crippen LogP contribution in [0.4, 0.5) is 10.8 Å². The molecule has 2 amide bonds. The predicted octanol–water partition coefficient (Wildman–Crippen LogP) is 2.22. The maximum atomic E-state index is 12.5. The molecule has 1 aliphatic rings. The van der Waals surface area contributed by atoms with E-state index in [0.29, 0.717) is 16.6 Å². The minimum Gasteiger partial charge on any atom is -0.466 e. The van der Waals surface area contributed by atoms with Crippen LogP contribution in [0.25, 0.3) is 0 Å². The van der Waals surface area contributed by atoms with Crippen molar-refractivity contribution in [2.24, 2.45) is 0 Å². The van der Waals surface area contributed by atoms with Crippen molar-refractivity contribution >= 4 is 34.0 Å². The minimum absolute atomic E-state index is 0.356. The number of nitrogens with one attached hydrogen (secondary N) is 2. The Morgan fingerprint density at radius 3 is 2.96 bits per heavy atom. The van der Waals surface area contributed by atoms with Gasteiger partial charge >= 0.3 is 0 Å². The van der Waals surface area contributed by atoms with Crippen LogP contribution in [-0.2, 0) is 16.0 Å². The highest BCUT2D eigenvalue weighted by atomic mass is 32.1. The van der Waals surface area contributed by atoms with Gasteiger partial charge in [-0.1, -0.05) is 30.4 Å². The normalized spacial score (nSPS) is 19.5. The average molecular weight is 332 g/mol. The summed E-state index contributed by atoms with van der Waals surface area (Å²) in [6.07, 6.45) is 1.75. The van der Waals surface area contributed by atoms with Gasteiger partial charge in [0.05, 0.1) is 5.69 Å². The molecule has 0 aliphatic carbocycles. The zero-order valence-electron chi connectivity index (χ0n) is 12.8. The van der Waals surface area contributed by atoms with E-state index < -0.39 is 17.4 Å². The van der Waals surface area contributed by atoms with Gasteiger partial charge in [0.2, 0.25) is 5.13 Å². The highest BCUT2D eigenvalue weighted by molar-refractivity contribution is 7.15. The Labute approximate surface area is 137 Å². The first kappa shape index (κ1) is 15.4. The van der Waals surface area contributed by atoms with E-state index >= 15 is 0 Å². The molecule has 1 atom stereocenters. The smallest absolute Gasteiger partial charge is 0.280 e. The fourth-order valence-corrected chi connectivity index (χ4v) is 2.99. The van der Waals surface area contributed by atoms with Crippen LogP contribution in [0.2, 0.25) is 0 Å². The van der Waals surface area contributed by atoms with E-state index in [1.807, 2.05) is 6.92 Å². The Morgan fingerprint density at radius 1 is 1.39 bits per heavy atom. The Morgan fingerprint density at radius 2 is 2.17 bits per heavy atom. The average Bonchev–Trinajstić information content (AvgIpc) is 2.96. The van der Waals surface area contributed by atoms with Gasteiger partial charge in [-0.3, -0.25) is 14.9 Å². The van der Waals surface area contributed by atoms with Gasteiger partial charge in [0.15, 0.2) is 0 Å². The third kappa shape index (κ3) is 2.89. The van der Waals surface area contributed by atoms with Gasteiger partial charge in [0.25, 0.3) is 17.4 Å². The molecule has 0 fully saturated rings. The van der Waals surface area contributed by atoms with E-state index in [0.717, 1.165) is 17.8 Å². The van der Waals surface area contributed by atoms with Gasteiger partial charge in [-0.2, -0.15) is 0 Å². The molecule has 3 rings (SSSR count). The molecule has 0 radical (unpaired) electrons. The number of anilines is 2. The van der Waals surface area contributed by atoms with Crippen LogP contribution in [0, 0.1) is 0 Å². The monoisotopic (exact) mass is 332 g/mol. The largest absolute Gasteiger partial charge is 0.466 e. The topological polar surface area (TPSA) is 93.2 Å². The van der Waals surface area contributed by atoms with Gasteiger partial charge in [-0.05, 0) is 25.5 Å². The number of ether oxygens (including phenoxy) is 1. The molecule has 1 aromatic carbocycles. The molecule has 1 aliphatic heterocycles. The summed E-state index contributed by atoms with van der Waals surface area (Å²) >= 11 is 1.29. The second-order valence-electron chi connectivity index (χ2n) is 5.29. The first-order valence-electron chi connectivity index (χ1n) is 7.26. The number of aromatic nitrogens is 2. The fourth-order valence-electron chi connectivity index (χ4n) is 2.15. The van der Waals surface area contributed by atoms with Crippen LogP contribution in [0.15, 0.2) is 24.3 Å². The summed E-state index contributed by atoms with van der Waals surface area (Å²) < 4.78 is 5.65. The summed E-state index contributed by atoms with van der Waals surface area (Å²) in [4.78, 5) is 24.8. The van der Waals surface area contributed by atoms with Crippen LogP contribution < -0.4 is 15.4 Å². The summed E-state index contributed by atoms with van der Waals surface area (Å²) in [6, 6.07) is 6.97. The number of aryl methyl sites for hydroxylation is 1. The van der Waals surface area contributed by atoms with Crippen molar-refractivity contribution in [1.82, 2.24) is 10.2 Å². The van der Waals surface area contributed by atoms with Crippen LogP contribution in [0.1, 0.15) is 25.3 Å². The Bertz CT molecular complexity index is 761. The highest BCUT2D eigenvalue weighted by Gasteiger charge is 2.47. The predicted molar refractivity (Wildman–Crippen MR) is 86.6 cm³/mol. The van der Waals surface area contributed by atoms with Gasteiger partial charge in [0.1, 0.15) is 10.8 Å². The first-order chi connectivity index (χ1) is 11.0. The maximum Gasteiger partial charge on any atom is 0.280 e. The third-order valence-electron chi connectivity index (χ3n) is 3.47. The molecule has 7 nitrogen and oxygen atoms in total. The summed E-state index contributed by atoms with van der Waals surface area (Å²) in [7, 11) is 0. The Kier molecular flexibility index (Phi) is 3.99. The Hall–Kier alpha value is -2.48. The van der Waals surface area contributed by atoms with E-state index in [2.05, 4.69) is 20.8 Å². The summed E-state index contributed by atoms with van der Waals surface area (Å²) in [5.74, 6) is -0.649. The SMILES string of the molecule is CCCc1nnc(NC(=O)C2(C)Oc3ccccc3NC2=O)s1. The molecule has 8 heteroatoms. The number of carbonyl (C=O) groups is 2. The second-order valence-corrected chi connectivity index (χ2v) is 6.35. The molecule has 1 unspecified atom stereocenters. The van der Waals surface area contributed by atoms with Crippen LogP contribution in [0.5, 0.6) is 5.75 Å². The zero-order chi connectivity index (χ0) is 16.4. The lowest BCUT2D eigenvalue weighted by molar-refractivity contribution is -0.143. The van der Waals surface area contributed by atoms with E-state index in [1.54, 1.807) is 24.3 Å². The molecule has 1 aromatic heterocycles. The zero-order valence-corrected chi connectivity index (χ0v) is 13.6. The molecular formula is C15H16N4O3S. The number of hydrogen-bond acceptors (Lipinski definition) is 6. The van der Waals surface area contributed by atoms with E-state index in [1.165, 1.54) is 18.3 Å². The van der Waals surface area contributed by atoms with E-state index in [9.17, 15) is 9.59 Å². The number of para-hydroxylation sites is 2. The molecular weight excluding hydrogens is 316 g/mol. The number of fused-ring (bicyclic) bond motifs is 1. The summed E-state index contributed by atoms with van der Waals surface area (Å²) in [6.45, 7) is 3.47. The van der Waals surface area contributed by atoms with Crippen molar-refractivity contribution in [2.45, 2.75) is 32.3 Å². The molecule has 0 saturated carbocycles. The Balaban J connectivity index is 1.79. The molecule has 0 saturated heterocycles. The van der Waals surface area contributed by atoms with Gasteiger partial charge < -0.3 is 10.1 Å². The van der Waals surface area contributed by atoms with Crippen molar-refractivity contribution < 1.29 is 14.3 Å². The fraction of sp³-hybridized carbons (Fsp3) is 0.333. The van der Waals surface area contributed by atoms with Gasteiger partial charge in [-0.25, -0.2) is 0 Å². The molecule has 2 aromatic rings. The van der Waals surface area contributed by atoms with Crippen molar-refractivity contribution in [3.05, 3.63) is 29.3 Å². The van der Waals surface area contributed by atoms with Gasteiger partial charge in [-0.15, -0.1) is 10.2 Å². The molecule has 120 valence electrons. The number of carbonyl (C=O) groups excluding carboxylic acids is 2. The molecule has 0 bridgehead atoms. The number of benzene rings is 1. The lowest BCUT2D eigenvalue weighted by Crippen LogP contribution is -2.56. The highest BCUT2D eigenvalue weighted by Crippen LogP contribution is 2.34. The number of rotatable bonds is 4.